The third-order valence-electron chi connectivity index (χ3n) is 6.00. The molecule has 0 spiro atoms. The predicted molar refractivity (Wildman–Crippen MR) is 92.8 cm³/mol. The molecular formula is C15H27O6P3. The summed E-state index contributed by atoms with van der Waals surface area (Å²) in [7, 11) is -11.0. The first-order valence-electron chi connectivity index (χ1n) is 9.37. The van der Waals surface area contributed by atoms with Crippen LogP contribution in [0.1, 0.15) is 77.0 Å². The first-order chi connectivity index (χ1) is 11.4. The van der Waals surface area contributed by atoms with Crippen molar-refractivity contribution in [3.63, 3.8) is 0 Å². The Labute approximate surface area is 144 Å². The van der Waals surface area contributed by atoms with Gasteiger partial charge in [0.25, 0.3) is 0 Å². The highest BCUT2D eigenvalue weighted by molar-refractivity contribution is 7.81. The summed E-state index contributed by atoms with van der Waals surface area (Å²) in [6, 6.07) is 0. The summed E-state index contributed by atoms with van der Waals surface area (Å²) in [5, 5.41) is 0. The average molecular weight is 396 g/mol. The number of rotatable bonds is 3. The lowest BCUT2D eigenvalue weighted by atomic mass is 10.4. The van der Waals surface area contributed by atoms with Crippen LogP contribution in [0.5, 0.6) is 0 Å². The van der Waals surface area contributed by atoms with Gasteiger partial charge < -0.3 is 0 Å². The van der Waals surface area contributed by atoms with Gasteiger partial charge in [-0.05, 0) is 38.5 Å². The predicted octanol–water partition coefficient (Wildman–Crippen LogP) is 6.46. The van der Waals surface area contributed by atoms with E-state index >= 15 is 0 Å². The highest BCUT2D eigenvalue weighted by Gasteiger charge is 2.61. The maximum absolute atomic E-state index is 13.5. The van der Waals surface area contributed by atoms with Gasteiger partial charge in [-0.2, -0.15) is 0 Å². The molecular weight excluding hydrogens is 369 g/mol. The van der Waals surface area contributed by atoms with Gasteiger partial charge in [0.2, 0.25) is 0 Å². The minimum Gasteiger partial charge on any atom is -0.259 e. The van der Waals surface area contributed by atoms with E-state index in [1.807, 2.05) is 0 Å². The van der Waals surface area contributed by atoms with Crippen molar-refractivity contribution >= 4 is 22.8 Å². The molecule has 6 nitrogen and oxygen atoms in total. The van der Waals surface area contributed by atoms with Gasteiger partial charge in [0.05, 0.1) is 17.0 Å². The van der Waals surface area contributed by atoms with Crippen LogP contribution >= 0.6 is 22.8 Å². The van der Waals surface area contributed by atoms with E-state index in [0.29, 0.717) is 0 Å². The molecule has 0 bridgehead atoms. The normalized spacial score (nSPS) is 46.0. The van der Waals surface area contributed by atoms with Gasteiger partial charge >= 0.3 is 22.8 Å². The standard InChI is InChI=1S/C15H27O6P3/c16-22(13-7-1-2-8-13)19-23(17,14-9-3-4-10-14)21-24(18,20-22)15-11-5-6-12-15/h13-15H,1-12H2. The number of hydrogen-bond acceptors (Lipinski definition) is 6. The quantitative estimate of drug-likeness (QED) is 0.510. The molecule has 1 saturated heterocycles. The molecule has 1 heterocycles. The van der Waals surface area contributed by atoms with E-state index in [9.17, 15) is 13.7 Å². The minimum absolute atomic E-state index is 0.272. The molecule has 0 radical (unpaired) electrons. The lowest BCUT2D eigenvalue weighted by Crippen LogP contribution is -2.21. The van der Waals surface area contributed by atoms with Gasteiger partial charge in [0, 0.05) is 0 Å². The molecule has 1 aliphatic heterocycles. The van der Waals surface area contributed by atoms with Gasteiger partial charge in [-0.3, -0.25) is 13.7 Å². The Morgan fingerprint density at radius 1 is 0.458 bits per heavy atom. The molecule has 0 aromatic rings. The Bertz CT molecular complexity index is 513. The van der Waals surface area contributed by atoms with Crippen LogP contribution in [0.2, 0.25) is 0 Å². The van der Waals surface area contributed by atoms with Gasteiger partial charge in [-0.1, -0.05) is 38.5 Å². The van der Waals surface area contributed by atoms with Crippen LogP contribution in [0.3, 0.4) is 0 Å². The van der Waals surface area contributed by atoms with Gasteiger partial charge in [-0.25, -0.2) is 12.9 Å². The largest absolute Gasteiger partial charge is 0.348 e. The molecule has 0 aromatic heterocycles. The van der Waals surface area contributed by atoms with Crippen molar-refractivity contribution in [3.05, 3.63) is 0 Å². The summed E-state index contributed by atoms with van der Waals surface area (Å²) >= 11 is 0. The van der Waals surface area contributed by atoms with E-state index in [4.69, 9.17) is 12.9 Å². The molecule has 0 unspecified atom stereocenters. The molecule has 3 saturated carbocycles. The van der Waals surface area contributed by atoms with Crippen LogP contribution in [0.4, 0.5) is 0 Å². The highest BCUT2D eigenvalue weighted by atomic mass is 31.3. The summed E-state index contributed by atoms with van der Waals surface area (Å²) in [6.07, 6.45) is 10.1. The zero-order chi connectivity index (χ0) is 16.8. The van der Waals surface area contributed by atoms with Crippen molar-refractivity contribution in [1.82, 2.24) is 0 Å². The van der Waals surface area contributed by atoms with Crippen molar-refractivity contribution < 1.29 is 26.6 Å². The Morgan fingerprint density at radius 2 is 0.667 bits per heavy atom. The Balaban J connectivity index is 1.69. The fraction of sp³-hybridized carbons (Fsp3) is 1.00. The molecule has 4 aliphatic rings. The van der Waals surface area contributed by atoms with E-state index in [1.54, 1.807) is 0 Å². The molecule has 4 rings (SSSR count). The third-order valence-corrected chi connectivity index (χ3v) is 15.7. The Morgan fingerprint density at radius 3 is 0.875 bits per heavy atom. The molecule has 3 aliphatic carbocycles. The second kappa shape index (κ2) is 6.63. The van der Waals surface area contributed by atoms with Gasteiger partial charge in [0.1, 0.15) is 0 Å². The van der Waals surface area contributed by atoms with E-state index in [2.05, 4.69) is 0 Å². The summed E-state index contributed by atoms with van der Waals surface area (Å²) in [6.45, 7) is 0. The first-order valence-corrected chi connectivity index (χ1v) is 14.2. The van der Waals surface area contributed by atoms with Crippen molar-refractivity contribution in [2.75, 3.05) is 0 Å². The Hall–Kier alpha value is 0.570. The summed E-state index contributed by atoms with van der Waals surface area (Å²) in [5.74, 6) is 0. The molecule has 0 aromatic carbocycles. The minimum atomic E-state index is -3.66. The molecule has 4 fully saturated rings. The van der Waals surface area contributed by atoms with E-state index < -0.39 is 22.8 Å². The maximum Gasteiger partial charge on any atom is 0.348 e. The van der Waals surface area contributed by atoms with Gasteiger partial charge in [0.15, 0.2) is 0 Å². The van der Waals surface area contributed by atoms with Crippen LogP contribution in [-0.2, 0) is 26.6 Å². The van der Waals surface area contributed by atoms with Crippen molar-refractivity contribution in [2.45, 2.75) is 94.0 Å². The summed E-state index contributed by atoms with van der Waals surface area (Å²) < 4.78 is 57.6. The molecule has 0 amide bonds. The SMILES string of the molecule is O=P1(C2CCCC2)OP(=O)(C2CCCC2)OP(=O)(C2CCCC2)O1. The highest BCUT2D eigenvalue weighted by Crippen LogP contribution is 2.87. The topological polar surface area (TPSA) is 78.9 Å². The average Bonchev–Trinajstić information content (AvgIpc) is 3.27. The molecule has 138 valence electrons. The zero-order valence-corrected chi connectivity index (χ0v) is 16.7. The Kier molecular flexibility index (Phi) is 4.96. The van der Waals surface area contributed by atoms with Crippen LogP contribution in [0.15, 0.2) is 0 Å². The summed E-state index contributed by atoms with van der Waals surface area (Å²) in [4.78, 5) is 0. The molecule has 0 N–H and O–H groups in total. The second-order valence-corrected chi connectivity index (χ2v) is 15.1. The van der Waals surface area contributed by atoms with Crippen molar-refractivity contribution in [1.29, 1.82) is 0 Å². The molecule has 24 heavy (non-hydrogen) atoms. The fourth-order valence-corrected chi connectivity index (χ4v) is 15.7. The van der Waals surface area contributed by atoms with E-state index in [0.717, 1.165) is 77.0 Å². The fourth-order valence-electron chi connectivity index (χ4n) is 4.58. The first kappa shape index (κ1) is 18.0. The lowest BCUT2D eigenvalue weighted by molar-refractivity contribution is 0.258. The van der Waals surface area contributed by atoms with Crippen molar-refractivity contribution in [2.24, 2.45) is 0 Å². The van der Waals surface area contributed by atoms with E-state index in [1.165, 1.54) is 0 Å². The van der Waals surface area contributed by atoms with Crippen LogP contribution in [0, 0.1) is 0 Å². The summed E-state index contributed by atoms with van der Waals surface area (Å²) in [5.41, 5.74) is -0.817. The van der Waals surface area contributed by atoms with Crippen LogP contribution < -0.4 is 0 Å². The zero-order valence-electron chi connectivity index (χ0n) is 14.0. The van der Waals surface area contributed by atoms with E-state index in [-0.39, 0.29) is 17.0 Å². The molecule has 0 atom stereocenters. The van der Waals surface area contributed by atoms with Crippen molar-refractivity contribution in [3.8, 4) is 0 Å². The second-order valence-electron chi connectivity index (χ2n) is 7.68. The maximum atomic E-state index is 13.5. The smallest absolute Gasteiger partial charge is 0.259 e. The molecule has 9 heteroatoms. The number of hydrogen-bond donors (Lipinski definition) is 0. The monoisotopic (exact) mass is 396 g/mol. The van der Waals surface area contributed by atoms with Crippen LogP contribution in [0.25, 0.3) is 0 Å². The third kappa shape index (κ3) is 3.17. The lowest BCUT2D eigenvalue weighted by Gasteiger charge is -2.40. The van der Waals surface area contributed by atoms with Gasteiger partial charge in [-0.15, -0.1) is 0 Å². The van der Waals surface area contributed by atoms with Crippen LogP contribution in [-0.4, -0.2) is 17.0 Å².